The van der Waals surface area contributed by atoms with E-state index in [4.69, 9.17) is 9.47 Å². The van der Waals surface area contributed by atoms with Gasteiger partial charge in [-0.1, -0.05) is 18.2 Å². The summed E-state index contributed by atoms with van der Waals surface area (Å²) in [6.07, 6.45) is 1.45. The zero-order valence-corrected chi connectivity index (χ0v) is 12.9. The Labute approximate surface area is 134 Å². The van der Waals surface area contributed by atoms with E-state index in [1.165, 1.54) is 19.4 Å². The normalized spacial score (nSPS) is 10.5. The van der Waals surface area contributed by atoms with Crippen molar-refractivity contribution >= 4 is 12.1 Å². The van der Waals surface area contributed by atoms with Crippen LogP contribution in [0.5, 0.6) is 17.2 Å². The lowest BCUT2D eigenvalue weighted by Gasteiger charge is -2.07. The van der Waals surface area contributed by atoms with Crippen molar-refractivity contribution in [2.24, 2.45) is 5.10 Å². The van der Waals surface area contributed by atoms with Gasteiger partial charge in [-0.25, -0.2) is 5.43 Å². The van der Waals surface area contributed by atoms with Gasteiger partial charge in [0.05, 0.1) is 13.3 Å². The number of rotatable bonds is 6. The molecule has 2 N–H and O–H groups in total. The Morgan fingerprint density at radius 1 is 1.26 bits per heavy atom. The maximum absolute atomic E-state index is 11.7. The molecule has 0 aliphatic rings. The first kappa shape index (κ1) is 16.4. The van der Waals surface area contributed by atoms with Gasteiger partial charge >= 0.3 is 0 Å². The second kappa shape index (κ2) is 7.84. The number of hydrazone groups is 1. The maximum atomic E-state index is 11.7. The van der Waals surface area contributed by atoms with E-state index < -0.39 is 0 Å². The number of methoxy groups -OCH3 is 1. The number of para-hydroxylation sites is 1. The van der Waals surface area contributed by atoms with Crippen molar-refractivity contribution < 1.29 is 19.4 Å². The van der Waals surface area contributed by atoms with Crippen LogP contribution in [0.1, 0.15) is 11.1 Å². The molecule has 120 valence electrons. The molecule has 0 spiro atoms. The molecule has 0 saturated carbocycles. The number of phenolic OH excluding ortho intramolecular Hbond substituents is 1. The van der Waals surface area contributed by atoms with Crippen LogP contribution in [0.4, 0.5) is 0 Å². The number of benzene rings is 2. The lowest BCUT2D eigenvalue weighted by atomic mass is 10.2. The van der Waals surface area contributed by atoms with E-state index in [1.54, 1.807) is 18.2 Å². The monoisotopic (exact) mass is 314 g/mol. The van der Waals surface area contributed by atoms with Crippen LogP contribution in [-0.4, -0.2) is 30.9 Å². The second-order valence-electron chi connectivity index (χ2n) is 4.78. The molecule has 0 aliphatic heterocycles. The van der Waals surface area contributed by atoms with E-state index in [9.17, 15) is 9.90 Å². The molecule has 0 bridgehead atoms. The minimum atomic E-state index is -0.366. The van der Waals surface area contributed by atoms with Crippen LogP contribution in [0.2, 0.25) is 0 Å². The molecule has 0 atom stereocenters. The summed E-state index contributed by atoms with van der Waals surface area (Å²) in [5, 5.41) is 13.3. The van der Waals surface area contributed by atoms with Crippen LogP contribution in [0.15, 0.2) is 47.6 Å². The Bertz CT molecular complexity index is 713. The fourth-order valence-electron chi connectivity index (χ4n) is 1.85. The quantitative estimate of drug-likeness (QED) is 0.633. The van der Waals surface area contributed by atoms with E-state index >= 15 is 0 Å². The number of ether oxygens (including phenoxy) is 2. The van der Waals surface area contributed by atoms with E-state index in [2.05, 4.69) is 10.5 Å². The van der Waals surface area contributed by atoms with Crippen LogP contribution < -0.4 is 14.9 Å². The predicted molar refractivity (Wildman–Crippen MR) is 87.1 cm³/mol. The molecule has 6 heteroatoms. The Morgan fingerprint density at radius 3 is 2.78 bits per heavy atom. The third-order valence-electron chi connectivity index (χ3n) is 3.06. The van der Waals surface area contributed by atoms with Gasteiger partial charge in [-0.15, -0.1) is 0 Å². The molecular formula is C17H18N2O4. The Morgan fingerprint density at radius 2 is 2.04 bits per heavy atom. The largest absolute Gasteiger partial charge is 0.504 e. The Hall–Kier alpha value is -3.02. The molecule has 2 rings (SSSR count). The number of aromatic hydroxyl groups is 1. The van der Waals surface area contributed by atoms with Gasteiger partial charge in [0.1, 0.15) is 5.75 Å². The first-order valence-electron chi connectivity index (χ1n) is 6.97. The van der Waals surface area contributed by atoms with E-state index in [-0.39, 0.29) is 18.3 Å². The molecule has 2 aromatic rings. The van der Waals surface area contributed by atoms with Crippen LogP contribution in [0.3, 0.4) is 0 Å². The summed E-state index contributed by atoms with van der Waals surface area (Å²) in [7, 11) is 1.46. The van der Waals surface area contributed by atoms with Crippen molar-refractivity contribution in [3.05, 3.63) is 53.6 Å². The summed E-state index contributed by atoms with van der Waals surface area (Å²) in [5.74, 6) is 0.675. The number of phenols is 1. The molecule has 0 aliphatic carbocycles. The van der Waals surface area contributed by atoms with Crippen molar-refractivity contribution in [2.75, 3.05) is 13.7 Å². The van der Waals surface area contributed by atoms with Crippen LogP contribution in [-0.2, 0) is 4.79 Å². The minimum Gasteiger partial charge on any atom is -0.504 e. The van der Waals surface area contributed by atoms with E-state index in [0.29, 0.717) is 17.1 Å². The standard InChI is InChI=1S/C17H18N2O4/c1-12-5-3-4-6-15(12)23-11-17(21)19-18-10-13-7-8-14(20)16(9-13)22-2/h3-10,20H,11H2,1-2H3,(H,19,21). The fraction of sp³-hybridized carbons (Fsp3) is 0.176. The number of carbonyl (C=O) groups is 1. The first-order valence-corrected chi connectivity index (χ1v) is 6.97. The summed E-state index contributed by atoms with van der Waals surface area (Å²) < 4.78 is 10.4. The van der Waals surface area contributed by atoms with Crippen molar-refractivity contribution in [3.8, 4) is 17.2 Å². The highest BCUT2D eigenvalue weighted by Crippen LogP contribution is 2.25. The van der Waals surface area contributed by atoms with Crippen LogP contribution in [0, 0.1) is 6.92 Å². The van der Waals surface area contributed by atoms with Gasteiger partial charge in [0.2, 0.25) is 0 Å². The highest BCUT2D eigenvalue weighted by Gasteiger charge is 2.04. The molecule has 0 aromatic heterocycles. The van der Waals surface area contributed by atoms with Crippen LogP contribution >= 0.6 is 0 Å². The van der Waals surface area contributed by atoms with Gasteiger partial charge in [-0.2, -0.15) is 5.10 Å². The SMILES string of the molecule is COc1cc(C=NNC(=O)COc2ccccc2C)ccc1O. The van der Waals surface area contributed by atoms with E-state index in [0.717, 1.165) is 5.56 Å². The van der Waals surface area contributed by atoms with Crippen LogP contribution in [0.25, 0.3) is 0 Å². The van der Waals surface area contributed by atoms with Crippen molar-refractivity contribution in [1.29, 1.82) is 0 Å². The topological polar surface area (TPSA) is 80.2 Å². The number of aryl methyl sites for hydroxylation is 1. The summed E-state index contributed by atoms with van der Waals surface area (Å²) >= 11 is 0. The number of carbonyl (C=O) groups excluding carboxylic acids is 1. The Kier molecular flexibility index (Phi) is 5.57. The predicted octanol–water partition coefficient (Wildman–Crippen LogP) is 2.24. The summed E-state index contributed by atoms with van der Waals surface area (Å²) in [5.41, 5.74) is 4.01. The minimum absolute atomic E-state index is 0.0420. The molecule has 6 nitrogen and oxygen atoms in total. The fourth-order valence-corrected chi connectivity index (χ4v) is 1.85. The highest BCUT2D eigenvalue weighted by atomic mass is 16.5. The van der Waals surface area contributed by atoms with Crippen molar-refractivity contribution in [1.82, 2.24) is 5.43 Å². The molecule has 0 heterocycles. The highest BCUT2D eigenvalue weighted by molar-refractivity contribution is 5.83. The number of hydrogen-bond donors (Lipinski definition) is 2. The molecule has 23 heavy (non-hydrogen) atoms. The number of nitrogens with zero attached hydrogens (tertiary/aromatic N) is 1. The van der Waals surface area contributed by atoms with Gasteiger partial charge < -0.3 is 14.6 Å². The Balaban J connectivity index is 1.85. The van der Waals surface area contributed by atoms with E-state index in [1.807, 2.05) is 25.1 Å². The molecule has 0 saturated heterocycles. The average molecular weight is 314 g/mol. The number of hydrogen-bond acceptors (Lipinski definition) is 5. The third kappa shape index (κ3) is 4.74. The molecular weight excluding hydrogens is 296 g/mol. The molecule has 0 unspecified atom stereocenters. The van der Waals surface area contributed by atoms with Gasteiger partial charge in [0, 0.05) is 0 Å². The molecule has 0 radical (unpaired) electrons. The van der Waals surface area contributed by atoms with Gasteiger partial charge in [0.25, 0.3) is 5.91 Å². The van der Waals surface area contributed by atoms with Gasteiger partial charge in [-0.05, 0) is 42.3 Å². The molecule has 0 fully saturated rings. The lowest BCUT2D eigenvalue weighted by Crippen LogP contribution is -2.24. The zero-order valence-electron chi connectivity index (χ0n) is 12.9. The summed E-state index contributed by atoms with van der Waals surface area (Å²) in [4.78, 5) is 11.7. The molecule has 2 aromatic carbocycles. The van der Waals surface area contributed by atoms with Crippen molar-refractivity contribution in [2.45, 2.75) is 6.92 Å². The van der Waals surface area contributed by atoms with Gasteiger partial charge in [0.15, 0.2) is 18.1 Å². The average Bonchev–Trinajstić information content (AvgIpc) is 2.55. The lowest BCUT2D eigenvalue weighted by molar-refractivity contribution is -0.123. The second-order valence-corrected chi connectivity index (χ2v) is 4.78. The summed E-state index contributed by atoms with van der Waals surface area (Å²) in [6, 6.07) is 12.2. The smallest absolute Gasteiger partial charge is 0.277 e. The van der Waals surface area contributed by atoms with Crippen molar-refractivity contribution in [3.63, 3.8) is 0 Å². The number of nitrogens with one attached hydrogen (secondary N) is 1. The summed E-state index contributed by atoms with van der Waals surface area (Å²) in [6.45, 7) is 1.78. The molecule has 1 amide bonds. The maximum Gasteiger partial charge on any atom is 0.277 e. The van der Waals surface area contributed by atoms with Gasteiger partial charge in [-0.3, -0.25) is 4.79 Å². The first-order chi connectivity index (χ1) is 11.1. The third-order valence-corrected chi connectivity index (χ3v) is 3.06. The number of amides is 1. The zero-order chi connectivity index (χ0) is 16.7.